The van der Waals surface area contributed by atoms with E-state index in [1.807, 2.05) is 35.6 Å². The van der Waals surface area contributed by atoms with Crippen LogP contribution < -0.4 is 5.32 Å². The Hall–Kier alpha value is -2.90. The van der Waals surface area contributed by atoms with E-state index < -0.39 is 6.04 Å². The van der Waals surface area contributed by atoms with E-state index in [1.165, 1.54) is 10.4 Å². The number of nitrogens with one attached hydrogen (secondary N) is 1. The Morgan fingerprint density at radius 3 is 2.91 bits per heavy atom. The average molecular weight is 450 g/mol. The van der Waals surface area contributed by atoms with Crippen molar-refractivity contribution in [1.29, 1.82) is 0 Å². The van der Waals surface area contributed by atoms with Crippen LogP contribution in [0.1, 0.15) is 33.6 Å². The number of hydrogen-bond donors (Lipinski definition) is 2. The van der Waals surface area contributed by atoms with Crippen molar-refractivity contribution in [3.63, 3.8) is 0 Å². The van der Waals surface area contributed by atoms with Crippen LogP contribution in [0.2, 0.25) is 0 Å². The van der Waals surface area contributed by atoms with E-state index in [1.54, 1.807) is 17.0 Å². The summed E-state index contributed by atoms with van der Waals surface area (Å²) < 4.78 is 0. The predicted molar refractivity (Wildman–Crippen MR) is 126 cm³/mol. The SMILES string of the molecule is O=C(NCCN1CCc2sccc2C1)C1CCCN1C(=O)c1ccc2ccccc2c1O. The number of fused-ring (bicyclic) bond motifs is 2. The molecule has 5 rings (SSSR count). The first-order valence-electron chi connectivity index (χ1n) is 11.2. The maximum Gasteiger partial charge on any atom is 0.258 e. The fourth-order valence-corrected chi connectivity index (χ4v) is 5.71. The number of aromatic hydroxyl groups is 1. The third kappa shape index (κ3) is 3.98. The zero-order chi connectivity index (χ0) is 22.1. The molecule has 0 bridgehead atoms. The number of nitrogens with zero attached hydrogens (tertiary/aromatic N) is 2. The van der Waals surface area contributed by atoms with Gasteiger partial charge in [-0.15, -0.1) is 11.3 Å². The first-order valence-corrected chi connectivity index (χ1v) is 12.1. The Morgan fingerprint density at radius 1 is 1.12 bits per heavy atom. The van der Waals surface area contributed by atoms with Crippen molar-refractivity contribution in [2.24, 2.45) is 0 Å². The number of rotatable bonds is 5. The highest BCUT2D eigenvalue weighted by atomic mass is 32.1. The summed E-state index contributed by atoms with van der Waals surface area (Å²) >= 11 is 1.82. The summed E-state index contributed by atoms with van der Waals surface area (Å²) in [5.41, 5.74) is 1.65. The van der Waals surface area contributed by atoms with Crippen LogP contribution in [-0.2, 0) is 17.8 Å². The molecular weight excluding hydrogens is 422 g/mol. The van der Waals surface area contributed by atoms with E-state index in [2.05, 4.69) is 21.7 Å². The lowest BCUT2D eigenvalue weighted by Crippen LogP contribution is -2.47. The molecule has 1 aromatic heterocycles. The van der Waals surface area contributed by atoms with Crippen molar-refractivity contribution >= 4 is 33.9 Å². The molecule has 0 radical (unpaired) electrons. The molecule has 0 aliphatic carbocycles. The summed E-state index contributed by atoms with van der Waals surface area (Å²) in [6.45, 7) is 3.84. The summed E-state index contributed by atoms with van der Waals surface area (Å²) in [5.74, 6) is -0.409. The second kappa shape index (κ2) is 8.92. The average Bonchev–Trinajstić information content (AvgIpc) is 3.48. The topological polar surface area (TPSA) is 72.9 Å². The quantitative estimate of drug-likeness (QED) is 0.626. The number of phenols is 1. The molecule has 1 saturated heterocycles. The number of thiophene rings is 1. The van der Waals surface area contributed by atoms with Crippen molar-refractivity contribution in [2.75, 3.05) is 26.2 Å². The van der Waals surface area contributed by atoms with E-state index in [0.29, 0.717) is 24.9 Å². The molecule has 1 atom stereocenters. The van der Waals surface area contributed by atoms with E-state index in [9.17, 15) is 14.7 Å². The van der Waals surface area contributed by atoms with Gasteiger partial charge in [-0.25, -0.2) is 0 Å². The van der Waals surface area contributed by atoms with Gasteiger partial charge in [0.15, 0.2) is 0 Å². The standard InChI is InChI=1S/C25H27N3O3S/c29-23-19-5-2-1-4-17(19)7-8-20(23)25(31)28-12-3-6-21(28)24(30)26-11-14-27-13-9-22-18(16-27)10-15-32-22/h1-2,4-5,7-8,10,15,21,29H,3,6,9,11-14,16H2,(H,26,30). The van der Waals surface area contributed by atoms with Crippen LogP contribution in [0.4, 0.5) is 0 Å². The molecule has 2 aliphatic heterocycles. The predicted octanol–water partition coefficient (Wildman–Crippen LogP) is 3.39. The highest BCUT2D eigenvalue weighted by molar-refractivity contribution is 7.10. The van der Waals surface area contributed by atoms with Crippen molar-refractivity contribution in [2.45, 2.75) is 31.8 Å². The van der Waals surface area contributed by atoms with Gasteiger partial charge in [0.05, 0.1) is 5.56 Å². The largest absolute Gasteiger partial charge is 0.506 e. The van der Waals surface area contributed by atoms with Crippen LogP contribution in [-0.4, -0.2) is 58.9 Å². The van der Waals surface area contributed by atoms with Crippen LogP contribution >= 0.6 is 11.3 Å². The van der Waals surface area contributed by atoms with Crippen molar-refractivity contribution in [3.8, 4) is 5.75 Å². The third-order valence-corrected chi connectivity index (χ3v) is 7.58. The first kappa shape index (κ1) is 21.0. The van der Waals surface area contributed by atoms with E-state index in [0.717, 1.165) is 37.9 Å². The number of carbonyl (C=O) groups is 2. The first-order chi connectivity index (χ1) is 15.6. The molecule has 2 aliphatic rings. The van der Waals surface area contributed by atoms with Crippen LogP contribution in [0.5, 0.6) is 5.75 Å². The van der Waals surface area contributed by atoms with Gasteiger partial charge in [-0.2, -0.15) is 0 Å². The van der Waals surface area contributed by atoms with Gasteiger partial charge in [-0.3, -0.25) is 14.5 Å². The molecule has 6 nitrogen and oxygen atoms in total. The summed E-state index contributed by atoms with van der Waals surface area (Å²) in [4.78, 5) is 31.6. The maximum absolute atomic E-state index is 13.2. The van der Waals surface area contributed by atoms with Gasteiger partial charge in [-0.1, -0.05) is 30.3 Å². The molecule has 2 amide bonds. The minimum atomic E-state index is -0.488. The van der Waals surface area contributed by atoms with Gasteiger partial charge in [0, 0.05) is 43.0 Å². The number of phenolic OH excluding ortho intramolecular Hbond substituents is 1. The van der Waals surface area contributed by atoms with Crippen molar-refractivity contribution in [1.82, 2.24) is 15.1 Å². The maximum atomic E-state index is 13.2. The lowest BCUT2D eigenvalue weighted by Gasteiger charge is -2.28. The minimum absolute atomic E-state index is 0.0166. The molecule has 0 spiro atoms. The minimum Gasteiger partial charge on any atom is -0.506 e. The molecule has 3 heterocycles. The van der Waals surface area contributed by atoms with Crippen LogP contribution in [0.25, 0.3) is 10.8 Å². The number of hydrogen-bond acceptors (Lipinski definition) is 5. The monoisotopic (exact) mass is 449 g/mol. The second-order valence-corrected chi connectivity index (χ2v) is 9.53. The Kier molecular flexibility index (Phi) is 5.85. The molecule has 0 saturated carbocycles. The summed E-state index contributed by atoms with van der Waals surface area (Å²) in [6, 6.07) is 12.6. The third-order valence-electron chi connectivity index (χ3n) is 6.56. The Bertz CT molecular complexity index is 1160. The fraction of sp³-hybridized carbons (Fsp3) is 0.360. The van der Waals surface area contributed by atoms with E-state index in [4.69, 9.17) is 0 Å². The zero-order valence-corrected chi connectivity index (χ0v) is 18.7. The number of likely N-dealkylation sites (tertiary alicyclic amines) is 1. The van der Waals surface area contributed by atoms with E-state index in [-0.39, 0.29) is 23.1 Å². The van der Waals surface area contributed by atoms with E-state index >= 15 is 0 Å². The van der Waals surface area contributed by atoms with Crippen LogP contribution in [0, 0.1) is 0 Å². The number of amides is 2. The summed E-state index contributed by atoms with van der Waals surface area (Å²) in [6.07, 6.45) is 2.50. The Morgan fingerprint density at radius 2 is 2.00 bits per heavy atom. The van der Waals surface area contributed by atoms with Gasteiger partial charge in [0.1, 0.15) is 11.8 Å². The summed E-state index contributed by atoms with van der Waals surface area (Å²) in [5, 5.41) is 17.4. The molecule has 166 valence electrons. The lowest BCUT2D eigenvalue weighted by atomic mass is 10.0. The normalized spacial score (nSPS) is 18.6. The lowest BCUT2D eigenvalue weighted by molar-refractivity contribution is -0.124. The van der Waals surface area contributed by atoms with Gasteiger partial charge in [0.25, 0.3) is 5.91 Å². The molecule has 3 aromatic rings. The summed E-state index contributed by atoms with van der Waals surface area (Å²) in [7, 11) is 0. The molecular formula is C25H27N3O3S. The van der Waals surface area contributed by atoms with Crippen molar-refractivity contribution in [3.05, 3.63) is 63.8 Å². The van der Waals surface area contributed by atoms with Gasteiger partial charge in [0.2, 0.25) is 5.91 Å². The van der Waals surface area contributed by atoms with Crippen LogP contribution in [0.15, 0.2) is 47.8 Å². The van der Waals surface area contributed by atoms with Gasteiger partial charge < -0.3 is 15.3 Å². The Labute approximate surface area is 191 Å². The molecule has 2 N–H and O–H groups in total. The molecule has 1 unspecified atom stereocenters. The number of benzene rings is 2. The zero-order valence-electron chi connectivity index (χ0n) is 17.9. The molecule has 2 aromatic carbocycles. The fourth-order valence-electron chi connectivity index (χ4n) is 4.82. The highest BCUT2D eigenvalue weighted by Gasteiger charge is 2.35. The molecule has 1 fully saturated rings. The van der Waals surface area contributed by atoms with Crippen molar-refractivity contribution < 1.29 is 14.7 Å². The van der Waals surface area contributed by atoms with Gasteiger partial charge >= 0.3 is 0 Å². The molecule has 32 heavy (non-hydrogen) atoms. The molecule has 7 heteroatoms. The highest BCUT2D eigenvalue weighted by Crippen LogP contribution is 2.31. The smallest absolute Gasteiger partial charge is 0.258 e. The number of carbonyl (C=O) groups excluding carboxylic acids is 2. The second-order valence-electron chi connectivity index (χ2n) is 8.53. The Balaban J connectivity index is 1.21. The van der Waals surface area contributed by atoms with Gasteiger partial charge in [-0.05, 0) is 47.7 Å². The van der Waals surface area contributed by atoms with Crippen LogP contribution in [0.3, 0.4) is 0 Å².